The molecular formula is C30H25ClFN3O5S2. The molecule has 1 fully saturated rings. The average Bonchev–Trinajstić information content (AvgIpc) is 3.55. The predicted molar refractivity (Wildman–Crippen MR) is 161 cm³/mol. The lowest BCUT2D eigenvalue weighted by Gasteiger charge is -2.23. The molecule has 1 saturated heterocycles. The van der Waals surface area contributed by atoms with Crippen LogP contribution in [0.2, 0.25) is 5.02 Å². The first-order valence-electron chi connectivity index (χ1n) is 13.0. The van der Waals surface area contributed by atoms with Crippen LogP contribution in [0.15, 0.2) is 76.6 Å². The number of aliphatic hydroxyl groups excluding tert-OH is 1. The number of anilines is 1. The third kappa shape index (κ3) is 5.99. The van der Waals surface area contributed by atoms with Gasteiger partial charge in [0.05, 0.1) is 24.8 Å². The standard InChI is InChI=1S/C30H25ClFN3O5S2/c1-3-39-22-14-11-18(15-23(22)40-4-2)25-24(26(36)17-9-12-20(31)13-10-17)27(37)28(38)35(25)29-33-34-30(42-29)41-16-19-7-5-6-8-21(19)32/h5-15,25,36H,3-4,16H2,1-2H3. The number of hydrogen-bond acceptors (Lipinski definition) is 9. The summed E-state index contributed by atoms with van der Waals surface area (Å²) in [5, 5.41) is 20.3. The van der Waals surface area contributed by atoms with Gasteiger partial charge in [0, 0.05) is 16.3 Å². The number of Topliss-reactive ketones (excluding diaryl/α,β-unsaturated/α-hetero) is 1. The van der Waals surface area contributed by atoms with E-state index >= 15 is 0 Å². The number of amides is 1. The summed E-state index contributed by atoms with van der Waals surface area (Å²) in [4.78, 5) is 28.3. The number of hydrogen-bond donors (Lipinski definition) is 1. The molecule has 1 atom stereocenters. The van der Waals surface area contributed by atoms with Gasteiger partial charge in [0.15, 0.2) is 15.8 Å². The van der Waals surface area contributed by atoms with Crippen LogP contribution < -0.4 is 14.4 Å². The summed E-state index contributed by atoms with van der Waals surface area (Å²) in [5.74, 6) is -1.21. The first-order valence-corrected chi connectivity index (χ1v) is 15.2. The SMILES string of the molecule is CCOc1ccc(C2C(=C(O)c3ccc(Cl)cc3)C(=O)C(=O)N2c2nnc(SCc3ccccc3F)s2)cc1OCC. The third-order valence-corrected chi connectivity index (χ3v) is 8.71. The van der Waals surface area contributed by atoms with E-state index in [2.05, 4.69) is 10.2 Å². The number of halogens is 2. The van der Waals surface area contributed by atoms with Crippen LogP contribution in [0.4, 0.5) is 9.52 Å². The highest BCUT2D eigenvalue weighted by molar-refractivity contribution is 8.00. The second-order valence-electron chi connectivity index (χ2n) is 8.98. The molecule has 1 aromatic heterocycles. The van der Waals surface area contributed by atoms with Crippen LogP contribution in [0.3, 0.4) is 0 Å². The van der Waals surface area contributed by atoms with Crippen LogP contribution in [0.5, 0.6) is 11.5 Å². The maximum absolute atomic E-state index is 14.1. The largest absolute Gasteiger partial charge is 0.507 e. The van der Waals surface area contributed by atoms with Gasteiger partial charge in [-0.1, -0.05) is 59.0 Å². The molecule has 12 heteroatoms. The highest BCUT2D eigenvalue weighted by Crippen LogP contribution is 2.45. The van der Waals surface area contributed by atoms with E-state index < -0.39 is 17.7 Å². The molecule has 8 nitrogen and oxygen atoms in total. The van der Waals surface area contributed by atoms with Crippen molar-refractivity contribution in [1.82, 2.24) is 10.2 Å². The predicted octanol–water partition coefficient (Wildman–Crippen LogP) is 7.05. The Morgan fingerprint density at radius 2 is 1.74 bits per heavy atom. The zero-order valence-corrected chi connectivity index (χ0v) is 24.9. The van der Waals surface area contributed by atoms with Crippen molar-refractivity contribution in [2.24, 2.45) is 0 Å². The van der Waals surface area contributed by atoms with Gasteiger partial charge in [-0.05, 0) is 67.4 Å². The lowest BCUT2D eigenvalue weighted by atomic mass is 9.95. The van der Waals surface area contributed by atoms with E-state index in [-0.39, 0.29) is 22.3 Å². The second kappa shape index (κ2) is 12.9. The molecule has 3 aromatic carbocycles. The minimum atomic E-state index is -1.05. The maximum atomic E-state index is 14.1. The lowest BCUT2D eigenvalue weighted by molar-refractivity contribution is -0.132. The van der Waals surface area contributed by atoms with Crippen LogP contribution in [-0.2, 0) is 15.3 Å². The smallest absolute Gasteiger partial charge is 0.301 e. The molecule has 5 rings (SSSR count). The Morgan fingerprint density at radius 3 is 2.45 bits per heavy atom. The van der Waals surface area contributed by atoms with Gasteiger partial charge in [0.25, 0.3) is 5.78 Å². The fraction of sp³-hybridized carbons (Fsp3) is 0.200. The number of benzene rings is 3. The first kappa shape index (κ1) is 29.6. The van der Waals surface area contributed by atoms with Crippen molar-refractivity contribution >= 4 is 57.3 Å². The third-order valence-electron chi connectivity index (χ3n) is 6.36. The number of aromatic nitrogens is 2. The molecule has 1 aliphatic rings. The van der Waals surface area contributed by atoms with E-state index in [1.807, 2.05) is 13.8 Å². The molecule has 1 amide bonds. The molecule has 4 aromatic rings. The number of rotatable bonds is 10. The van der Waals surface area contributed by atoms with Crippen LogP contribution in [0.25, 0.3) is 5.76 Å². The number of nitrogens with zero attached hydrogens (tertiary/aromatic N) is 3. The number of ether oxygens (including phenoxy) is 2. The molecule has 0 bridgehead atoms. The van der Waals surface area contributed by atoms with Crippen LogP contribution in [0, 0.1) is 5.82 Å². The summed E-state index contributed by atoms with van der Waals surface area (Å²) in [5.41, 5.74) is 1.19. The Labute approximate surface area is 254 Å². The summed E-state index contributed by atoms with van der Waals surface area (Å²) < 4.78 is 26.1. The Kier molecular flexibility index (Phi) is 9.10. The number of carbonyl (C=O) groups excluding carboxylic acids is 2. The quantitative estimate of drug-likeness (QED) is 0.0658. The van der Waals surface area contributed by atoms with Crippen molar-refractivity contribution in [1.29, 1.82) is 0 Å². The summed E-state index contributed by atoms with van der Waals surface area (Å²) >= 11 is 8.38. The molecule has 216 valence electrons. The highest BCUT2D eigenvalue weighted by Gasteiger charge is 2.48. The van der Waals surface area contributed by atoms with Gasteiger partial charge in [-0.15, -0.1) is 10.2 Å². The van der Waals surface area contributed by atoms with E-state index in [9.17, 15) is 19.1 Å². The molecule has 0 spiro atoms. The van der Waals surface area contributed by atoms with Crippen molar-refractivity contribution in [3.8, 4) is 11.5 Å². The molecule has 1 N–H and O–H groups in total. The Morgan fingerprint density at radius 1 is 1.02 bits per heavy atom. The normalized spacial score (nSPS) is 16.2. The molecule has 1 aliphatic heterocycles. The van der Waals surface area contributed by atoms with Crippen molar-refractivity contribution in [3.05, 3.63) is 99.8 Å². The molecule has 42 heavy (non-hydrogen) atoms. The number of thioether (sulfide) groups is 1. The molecular weight excluding hydrogens is 601 g/mol. The van der Waals surface area contributed by atoms with Gasteiger partial charge in [-0.2, -0.15) is 0 Å². The van der Waals surface area contributed by atoms with Gasteiger partial charge in [0.1, 0.15) is 11.6 Å². The van der Waals surface area contributed by atoms with E-state index in [0.717, 1.165) is 11.3 Å². The zero-order valence-electron chi connectivity index (χ0n) is 22.5. The second-order valence-corrected chi connectivity index (χ2v) is 11.6. The fourth-order valence-electron chi connectivity index (χ4n) is 4.46. The van der Waals surface area contributed by atoms with Gasteiger partial charge >= 0.3 is 5.91 Å². The molecule has 1 unspecified atom stereocenters. The van der Waals surface area contributed by atoms with E-state index in [4.69, 9.17) is 21.1 Å². The number of aliphatic hydroxyl groups is 1. The fourth-order valence-corrected chi connectivity index (χ4v) is 6.44. The maximum Gasteiger partial charge on any atom is 0.301 e. The summed E-state index contributed by atoms with van der Waals surface area (Å²) in [6, 6.07) is 16.8. The van der Waals surface area contributed by atoms with Gasteiger partial charge in [0.2, 0.25) is 5.13 Å². The van der Waals surface area contributed by atoms with Crippen molar-refractivity contribution in [2.75, 3.05) is 18.1 Å². The number of ketones is 1. The minimum absolute atomic E-state index is 0.121. The molecule has 2 heterocycles. The first-order chi connectivity index (χ1) is 20.3. The summed E-state index contributed by atoms with van der Waals surface area (Å²) in [6.45, 7) is 4.44. The van der Waals surface area contributed by atoms with Crippen molar-refractivity contribution in [2.45, 2.75) is 30.0 Å². The molecule has 0 aliphatic carbocycles. The van der Waals surface area contributed by atoms with Crippen LogP contribution >= 0.6 is 34.7 Å². The van der Waals surface area contributed by atoms with E-state index in [1.165, 1.54) is 22.7 Å². The average molecular weight is 626 g/mol. The van der Waals surface area contributed by atoms with Gasteiger partial charge in [-0.3, -0.25) is 14.5 Å². The van der Waals surface area contributed by atoms with Crippen LogP contribution in [0.1, 0.15) is 36.6 Å². The Bertz CT molecular complexity index is 1660. The Hall–Kier alpha value is -3.93. The van der Waals surface area contributed by atoms with E-state index in [1.54, 1.807) is 60.7 Å². The highest BCUT2D eigenvalue weighted by atomic mass is 35.5. The topological polar surface area (TPSA) is 102 Å². The lowest BCUT2D eigenvalue weighted by Crippen LogP contribution is -2.29. The monoisotopic (exact) mass is 625 g/mol. The van der Waals surface area contributed by atoms with Crippen molar-refractivity contribution < 1.29 is 28.6 Å². The molecule has 0 radical (unpaired) electrons. The summed E-state index contributed by atoms with van der Waals surface area (Å²) in [7, 11) is 0. The van der Waals surface area contributed by atoms with Crippen molar-refractivity contribution in [3.63, 3.8) is 0 Å². The number of carbonyl (C=O) groups is 2. The van der Waals surface area contributed by atoms with Crippen LogP contribution in [-0.4, -0.2) is 40.2 Å². The van der Waals surface area contributed by atoms with Gasteiger partial charge in [-0.25, -0.2) is 4.39 Å². The minimum Gasteiger partial charge on any atom is -0.507 e. The molecule has 0 saturated carbocycles. The summed E-state index contributed by atoms with van der Waals surface area (Å²) in [6.07, 6.45) is 0. The van der Waals surface area contributed by atoms with Gasteiger partial charge < -0.3 is 14.6 Å². The Balaban J connectivity index is 1.59. The van der Waals surface area contributed by atoms with E-state index in [0.29, 0.717) is 56.5 Å². The zero-order chi connectivity index (χ0) is 29.8.